The first kappa shape index (κ1) is 14.7. The minimum absolute atomic E-state index is 0.0206. The molecule has 1 aromatic heterocycles. The van der Waals surface area contributed by atoms with Crippen LogP contribution in [0.2, 0.25) is 0 Å². The summed E-state index contributed by atoms with van der Waals surface area (Å²) in [5.74, 6) is 0. The van der Waals surface area contributed by atoms with Crippen LogP contribution in [-0.4, -0.2) is 47.0 Å². The molecule has 2 rings (SSSR count). The van der Waals surface area contributed by atoms with Crippen LogP contribution in [0.15, 0.2) is 6.20 Å². The molecular formula is C12H17N5O2S. The Labute approximate surface area is 121 Å². The number of nitro groups is 1. The van der Waals surface area contributed by atoms with Crippen molar-refractivity contribution < 1.29 is 4.92 Å². The normalized spacial score (nSPS) is 17.7. The van der Waals surface area contributed by atoms with E-state index in [2.05, 4.69) is 27.8 Å². The van der Waals surface area contributed by atoms with Crippen LogP contribution in [0.1, 0.15) is 19.8 Å². The maximum absolute atomic E-state index is 10.7. The van der Waals surface area contributed by atoms with Crippen molar-refractivity contribution in [1.82, 2.24) is 9.88 Å². The molecule has 7 nitrogen and oxygen atoms in total. The van der Waals surface area contributed by atoms with Gasteiger partial charge in [-0.05, 0) is 17.8 Å². The van der Waals surface area contributed by atoms with Crippen LogP contribution in [-0.2, 0) is 0 Å². The average molecular weight is 295 g/mol. The van der Waals surface area contributed by atoms with Gasteiger partial charge >= 0.3 is 5.00 Å². The van der Waals surface area contributed by atoms with E-state index >= 15 is 0 Å². The number of aromatic nitrogens is 1. The predicted molar refractivity (Wildman–Crippen MR) is 76.9 cm³/mol. The molecule has 0 aliphatic carbocycles. The molecule has 20 heavy (non-hydrogen) atoms. The van der Waals surface area contributed by atoms with E-state index in [1.807, 2.05) is 0 Å². The molecule has 1 atom stereocenters. The van der Waals surface area contributed by atoms with Gasteiger partial charge in [-0.15, -0.1) is 0 Å². The summed E-state index contributed by atoms with van der Waals surface area (Å²) in [6.45, 7) is 5.19. The van der Waals surface area contributed by atoms with Crippen LogP contribution >= 0.6 is 11.3 Å². The Balaban J connectivity index is 1.93. The van der Waals surface area contributed by atoms with E-state index in [1.54, 1.807) is 0 Å². The van der Waals surface area contributed by atoms with Crippen molar-refractivity contribution in [2.75, 3.05) is 31.1 Å². The van der Waals surface area contributed by atoms with Crippen molar-refractivity contribution in [1.29, 1.82) is 5.26 Å². The highest BCUT2D eigenvalue weighted by Gasteiger charge is 2.25. The molecule has 0 aromatic carbocycles. The summed E-state index contributed by atoms with van der Waals surface area (Å²) in [7, 11) is 0. The van der Waals surface area contributed by atoms with Gasteiger partial charge in [-0.2, -0.15) is 5.26 Å². The van der Waals surface area contributed by atoms with Crippen LogP contribution in [0.4, 0.5) is 10.1 Å². The number of thiazole rings is 1. The second-order valence-corrected chi connectivity index (χ2v) is 5.68. The van der Waals surface area contributed by atoms with Gasteiger partial charge in [-0.1, -0.05) is 13.3 Å². The maximum Gasteiger partial charge on any atom is 0.345 e. The van der Waals surface area contributed by atoms with E-state index in [4.69, 9.17) is 5.26 Å². The third-order valence-corrected chi connectivity index (χ3v) is 4.41. The van der Waals surface area contributed by atoms with Crippen LogP contribution in [0.5, 0.6) is 0 Å². The first-order valence-electron chi connectivity index (χ1n) is 6.64. The fourth-order valence-corrected chi connectivity index (χ4v) is 3.10. The molecule has 0 N–H and O–H groups in total. The quantitative estimate of drug-likeness (QED) is 0.609. The lowest BCUT2D eigenvalue weighted by Crippen LogP contribution is -2.50. The second kappa shape index (κ2) is 6.63. The van der Waals surface area contributed by atoms with E-state index in [0.717, 1.165) is 50.4 Å². The summed E-state index contributed by atoms with van der Waals surface area (Å²) in [4.78, 5) is 18.6. The summed E-state index contributed by atoms with van der Waals surface area (Å²) in [5.41, 5.74) is 0. The topological polar surface area (TPSA) is 86.3 Å². The van der Waals surface area contributed by atoms with E-state index < -0.39 is 4.92 Å². The first-order valence-corrected chi connectivity index (χ1v) is 7.46. The standard InChI is InChI=1S/C12H17N5O2S/c1-2-3-10(8-13)15-4-6-16(7-5-15)12-14-9-11(20-12)17(18)19/h9-10H,2-7H2,1H3. The average Bonchev–Trinajstić information content (AvgIpc) is 2.95. The lowest BCUT2D eigenvalue weighted by atomic mass is 10.1. The number of anilines is 1. The van der Waals surface area contributed by atoms with E-state index in [-0.39, 0.29) is 11.0 Å². The van der Waals surface area contributed by atoms with Crippen molar-refractivity contribution in [2.24, 2.45) is 0 Å². The van der Waals surface area contributed by atoms with Crippen molar-refractivity contribution in [3.8, 4) is 6.07 Å². The third kappa shape index (κ3) is 3.23. The van der Waals surface area contributed by atoms with Crippen LogP contribution in [0, 0.1) is 21.4 Å². The van der Waals surface area contributed by atoms with E-state index in [0.29, 0.717) is 5.13 Å². The second-order valence-electron chi connectivity index (χ2n) is 4.69. The number of nitriles is 1. The molecule has 0 radical (unpaired) electrons. The number of rotatable bonds is 5. The Morgan fingerprint density at radius 1 is 1.55 bits per heavy atom. The fourth-order valence-electron chi connectivity index (χ4n) is 2.31. The zero-order chi connectivity index (χ0) is 14.5. The molecule has 2 heterocycles. The Bertz CT molecular complexity index is 504. The Morgan fingerprint density at radius 2 is 2.25 bits per heavy atom. The van der Waals surface area contributed by atoms with Gasteiger partial charge in [0.05, 0.1) is 17.0 Å². The monoisotopic (exact) mass is 295 g/mol. The minimum atomic E-state index is -0.412. The van der Waals surface area contributed by atoms with Gasteiger partial charge in [0, 0.05) is 26.2 Å². The Kier molecular flexibility index (Phi) is 4.87. The highest BCUT2D eigenvalue weighted by Crippen LogP contribution is 2.29. The van der Waals surface area contributed by atoms with Gasteiger partial charge < -0.3 is 4.90 Å². The van der Waals surface area contributed by atoms with Crippen molar-refractivity contribution in [2.45, 2.75) is 25.8 Å². The fraction of sp³-hybridized carbons (Fsp3) is 0.667. The molecule has 1 fully saturated rings. The lowest BCUT2D eigenvalue weighted by Gasteiger charge is -2.36. The Hall–Kier alpha value is -1.72. The highest BCUT2D eigenvalue weighted by atomic mass is 32.1. The molecule has 0 amide bonds. The smallest absolute Gasteiger partial charge is 0.345 e. The first-order chi connectivity index (χ1) is 9.65. The summed E-state index contributed by atoms with van der Waals surface area (Å²) in [5, 5.41) is 20.6. The van der Waals surface area contributed by atoms with E-state index in [1.165, 1.54) is 6.20 Å². The predicted octanol–water partition coefficient (Wildman–Crippen LogP) is 1.87. The van der Waals surface area contributed by atoms with Crippen LogP contribution < -0.4 is 4.90 Å². The number of nitrogens with zero attached hydrogens (tertiary/aromatic N) is 5. The van der Waals surface area contributed by atoms with Gasteiger partial charge in [0.25, 0.3) is 0 Å². The molecule has 1 saturated heterocycles. The lowest BCUT2D eigenvalue weighted by molar-refractivity contribution is -0.380. The van der Waals surface area contributed by atoms with Gasteiger partial charge in [-0.3, -0.25) is 15.0 Å². The van der Waals surface area contributed by atoms with Crippen LogP contribution in [0.25, 0.3) is 0 Å². The Morgan fingerprint density at radius 3 is 2.75 bits per heavy atom. The summed E-state index contributed by atoms with van der Waals surface area (Å²) in [6.07, 6.45) is 3.19. The molecule has 108 valence electrons. The van der Waals surface area contributed by atoms with Crippen LogP contribution in [0.3, 0.4) is 0 Å². The summed E-state index contributed by atoms with van der Waals surface area (Å²) in [6, 6.07) is 2.33. The highest BCUT2D eigenvalue weighted by molar-refractivity contribution is 7.18. The molecule has 8 heteroatoms. The van der Waals surface area contributed by atoms with Crippen molar-refractivity contribution in [3.63, 3.8) is 0 Å². The molecule has 1 aliphatic heterocycles. The van der Waals surface area contributed by atoms with E-state index in [9.17, 15) is 10.1 Å². The maximum atomic E-state index is 10.7. The zero-order valence-electron chi connectivity index (χ0n) is 11.4. The van der Waals surface area contributed by atoms with Gasteiger partial charge in [-0.25, -0.2) is 4.98 Å². The largest absolute Gasteiger partial charge is 0.345 e. The molecular weight excluding hydrogens is 278 g/mol. The number of hydrogen-bond donors (Lipinski definition) is 0. The zero-order valence-corrected chi connectivity index (χ0v) is 12.2. The molecule has 1 aromatic rings. The van der Waals surface area contributed by atoms with Gasteiger partial charge in [0.15, 0.2) is 5.13 Å². The van der Waals surface area contributed by atoms with Gasteiger partial charge in [0.2, 0.25) is 0 Å². The summed E-state index contributed by atoms with van der Waals surface area (Å²) >= 11 is 1.11. The van der Waals surface area contributed by atoms with Crippen molar-refractivity contribution in [3.05, 3.63) is 16.3 Å². The minimum Gasteiger partial charge on any atom is -0.345 e. The van der Waals surface area contributed by atoms with Crippen molar-refractivity contribution >= 4 is 21.5 Å². The third-order valence-electron chi connectivity index (χ3n) is 3.40. The van der Waals surface area contributed by atoms with Gasteiger partial charge in [0.1, 0.15) is 6.20 Å². The molecule has 1 unspecified atom stereocenters. The number of hydrogen-bond acceptors (Lipinski definition) is 7. The molecule has 0 saturated carbocycles. The molecule has 1 aliphatic rings. The number of piperazine rings is 1. The summed E-state index contributed by atoms with van der Waals surface area (Å²) < 4.78 is 0. The SMILES string of the molecule is CCCC(C#N)N1CCN(c2ncc([N+](=O)[O-])s2)CC1. The molecule has 0 bridgehead atoms. The molecule has 0 spiro atoms.